The second-order valence-electron chi connectivity index (χ2n) is 8.59. The van der Waals surface area contributed by atoms with Crippen LogP contribution in [0.2, 0.25) is 0 Å². The number of ether oxygens (including phenoxy) is 1. The summed E-state index contributed by atoms with van der Waals surface area (Å²) in [7, 11) is 0. The Kier molecular flexibility index (Phi) is 3.33. The predicted molar refractivity (Wildman–Crippen MR) is 91.3 cm³/mol. The van der Waals surface area contributed by atoms with Gasteiger partial charge in [-0.15, -0.1) is 6.58 Å². The Morgan fingerprint density at radius 3 is 2.95 bits per heavy atom. The number of hydrogen-bond donors (Lipinski definition) is 0. The van der Waals surface area contributed by atoms with E-state index in [1.165, 1.54) is 44.3 Å². The van der Waals surface area contributed by atoms with E-state index in [2.05, 4.69) is 38.7 Å². The third-order valence-corrected chi connectivity index (χ3v) is 7.43. The van der Waals surface area contributed by atoms with E-state index in [1.807, 2.05) is 6.08 Å². The molecular formula is C21H30O. The smallest absolute Gasteiger partial charge is 0.120 e. The molecule has 6 atom stereocenters. The summed E-state index contributed by atoms with van der Waals surface area (Å²) in [4.78, 5) is 0. The molecule has 1 heterocycles. The van der Waals surface area contributed by atoms with Crippen molar-refractivity contribution in [3.05, 3.63) is 36.6 Å². The highest BCUT2D eigenvalue weighted by atomic mass is 16.5. The Bertz CT molecular complexity index is 530. The van der Waals surface area contributed by atoms with E-state index in [0.717, 1.165) is 24.2 Å². The van der Waals surface area contributed by atoms with E-state index in [1.54, 1.807) is 0 Å². The summed E-state index contributed by atoms with van der Waals surface area (Å²) in [6.45, 7) is 8.84. The standard InChI is InChI=1S/C21H30O/c1-4-6-15-10-14-21(3)18-11-13-20(2)12-5-7-17(20)16(18)8-9-19(21)22-15/h4,9-10,14-18H,1,5-8,11-13H2,2-3H3/t15?,16-,17-,18-,20-,21+/m0/s1. The first-order valence-corrected chi connectivity index (χ1v) is 9.24. The fraction of sp³-hybridized carbons (Fsp3) is 0.714. The first-order chi connectivity index (χ1) is 10.6. The summed E-state index contributed by atoms with van der Waals surface area (Å²) in [5, 5.41) is 0. The molecule has 0 aromatic heterocycles. The quantitative estimate of drug-likeness (QED) is 0.599. The van der Waals surface area contributed by atoms with Gasteiger partial charge in [0.2, 0.25) is 0 Å². The molecule has 0 aromatic carbocycles. The first-order valence-electron chi connectivity index (χ1n) is 9.24. The Balaban J connectivity index is 1.65. The van der Waals surface area contributed by atoms with Crippen LogP contribution in [0, 0.1) is 28.6 Å². The van der Waals surface area contributed by atoms with Crippen molar-refractivity contribution in [1.29, 1.82) is 0 Å². The molecule has 3 aliphatic carbocycles. The molecule has 1 aliphatic heterocycles. The van der Waals surface area contributed by atoms with Crippen LogP contribution in [0.5, 0.6) is 0 Å². The summed E-state index contributed by atoms with van der Waals surface area (Å²) in [5.74, 6) is 3.86. The normalized spacial score (nSPS) is 49.5. The lowest BCUT2D eigenvalue weighted by molar-refractivity contribution is -0.0357. The molecular weight excluding hydrogens is 268 g/mol. The van der Waals surface area contributed by atoms with E-state index in [0.29, 0.717) is 5.41 Å². The molecule has 1 nitrogen and oxygen atoms in total. The van der Waals surface area contributed by atoms with Crippen molar-refractivity contribution in [2.45, 2.75) is 64.9 Å². The number of allylic oxidation sites excluding steroid dienone is 2. The molecule has 0 N–H and O–H groups in total. The van der Waals surface area contributed by atoms with E-state index in [-0.39, 0.29) is 11.5 Å². The van der Waals surface area contributed by atoms with Crippen LogP contribution in [0.3, 0.4) is 0 Å². The molecule has 2 saturated carbocycles. The lowest BCUT2D eigenvalue weighted by Gasteiger charge is -2.55. The number of fused-ring (bicyclic) bond motifs is 5. The number of rotatable bonds is 2. The van der Waals surface area contributed by atoms with Crippen LogP contribution in [0.25, 0.3) is 0 Å². The van der Waals surface area contributed by atoms with Gasteiger partial charge in [-0.1, -0.05) is 25.5 Å². The third-order valence-electron chi connectivity index (χ3n) is 7.43. The minimum atomic E-state index is 0.143. The van der Waals surface area contributed by atoms with Gasteiger partial charge in [-0.25, -0.2) is 0 Å². The van der Waals surface area contributed by atoms with Crippen molar-refractivity contribution in [1.82, 2.24) is 0 Å². The molecule has 0 aromatic rings. The predicted octanol–water partition coefficient (Wildman–Crippen LogP) is 5.64. The van der Waals surface area contributed by atoms with E-state index in [4.69, 9.17) is 4.74 Å². The molecule has 2 fully saturated rings. The van der Waals surface area contributed by atoms with Crippen molar-refractivity contribution in [3.63, 3.8) is 0 Å². The van der Waals surface area contributed by atoms with Crippen molar-refractivity contribution in [2.75, 3.05) is 0 Å². The van der Waals surface area contributed by atoms with Crippen LogP contribution in [0.15, 0.2) is 36.6 Å². The molecule has 0 radical (unpaired) electrons. The highest BCUT2D eigenvalue weighted by Gasteiger charge is 2.55. The van der Waals surface area contributed by atoms with Crippen LogP contribution in [0.4, 0.5) is 0 Å². The first kappa shape index (κ1) is 14.6. The van der Waals surface area contributed by atoms with Crippen LogP contribution in [-0.2, 0) is 4.74 Å². The van der Waals surface area contributed by atoms with Crippen LogP contribution in [0.1, 0.15) is 58.8 Å². The third kappa shape index (κ3) is 1.97. The fourth-order valence-electron chi connectivity index (χ4n) is 6.18. The van der Waals surface area contributed by atoms with Crippen molar-refractivity contribution >= 4 is 0 Å². The van der Waals surface area contributed by atoms with Crippen molar-refractivity contribution < 1.29 is 4.74 Å². The Morgan fingerprint density at radius 2 is 2.14 bits per heavy atom. The van der Waals surface area contributed by atoms with Crippen LogP contribution in [-0.4, -0.2) is 6.10 Å². The van der Waals surface area contributed by atoms with Gasteiger partial charge in [0.05, 0.1) is 0 Å². The molecule has 120 valence electrons. The molecule has 0 amide bonds. The summed E-state index contributed by atoms with van der Waals surface area (Å²) in [6, 6.07) is 0. The molecule has 22 heavy (non-hydrogen) atoms. The molecule has 1 unspecified atom stereocenters. The molecule has 4 rings (SSSR count). The average Bonchev–Trinajstić information content (AvgIpc) is 2.89. The summed E-state index contributed by atoms with van der Waals surface area (Å²) < 4.78 is 6.32. The van der Waals surface area contributed by atoms with Gasteiger partial charge in [0.1, 0.15) is 11.9 Å². The molecule has 4 aliphatic rings. The summed E-state index contributed by atoms with van der Waals surface area (Å²) in [5.41, 5.74) is 0.776. The van der Waals surface area contributed by atoms with E-state index < -0.39 is 0 Å². The molecule has 0 saturated heterocycles. The fourth-order valence-corrected chi connectivity index (χ4v) is 6.18. The lowest BCUT2D eigenvalue weighted by Crippen LogP contribution is -2.48. The van der Waals surface area contributed by atoms with E-state index in [9.17, 15) is 0 Å². The van der Waals surface area contributed by atoms with Gasteiger partial charge < -0.3 is 4.74 Å². The van der Waals surface area contributed by atoms with Gasteiger partial charge in [-0.2, -0.15) is 0 Å². The zero-order valence-corrected chi connectivity index (χ0v) is 14.2. The lowest BCUT2D eigenvalue weighted by atomic mass is 9.51. The second-order valence-corrected chi connectivity index (χ2v) is 8.59. The van der Waals surface area contributed by atoms with Crippen molar-refractivity contribution in [3.8, 4) is 0 Å². The monoisotopic (exact) mass is 298 g/mol. The van der Waals surface area contributed by atoms with Crippen LogP contribution < -0.4 is 0 Å². The molecule has 1 heteroatoms. The average molecular weight is 298 g/mol. The maximum absolute atomic E-state index is 6.32. The second kappa shape index (κ2) is 5.01. The van der Waals surface area contributed by atoms with Gasteiger partial charge >= 0.3 is 0 Å². The van der Waals surface area contributed by atoms with Gasteiger partial charge in [0.25, 0.3) is 0 Å². The Hall–Kier alpha value is -0.980. The Morgan fingerprint density at radius 1 is 1.27 bits per heavy atom. The van der Waals surface area contributed by atoms with Gasteiger partial charge in [-0.3, -0.25) is 0 Å². The Labute approximate surface area is 135 Å². The summed E-state index contributed by atoms with van der Waals surface area (Å²) in [6.07, 6.45) is 18.7. The zero-order valence-electron chi connectivity index (χ0n) is 14.2. The minimum absolute atomic E-state index is 0.143. The molecule has 0 spiro atoms. The topological polar surface area (TPSA) is 9.23 Å². The maximum Gasteiger partial charge on any atom is 0.120 e. The SMILES string of the molecule is C=CCC1C=C[C@@]2(C)C(=CC[C@H]3[C@@H]4CCC[C@@]4(C)CC[C@@H]32)O1. The highest BCUT2D eigenvalue weighted by Crippen LogP contribution is 2.63. The summed E-state index contributed by atoms with van der Waals surface area (Å²) >= 11 is 0. The molecule has 0 bridgehead atoms. The zero-order chi connectivity index (χ0) is 15.4. The van der Waals surface area contributed by atoms with Crippen LogP contribution >= 0.6 is 0 Å². The van der Waals surface area contributed by atoms with Crippen molar-refractivity contribution in [2.24, 2.45) is 28.6 Å². The highest BCUT2D eigenvalue weighted by molar-refractivity contribution is 5.28. The largest absolute Gasteiger partial charge is 0.490 e. The van der Waals surface area contributed by atoms with Gasteiger partial charge in [0.15, 0.2) is 0 Å². The van der Waals surface area contributed by atoms with E-state index >= 15 is 0 Å². The minimum Gasteiger partial charge on any atom is -0.490 e. The maximum atomic E-state index is 6.32. The number of hydrogen-bond acceptors (Lipinski definition) is 1. The van der Waals surface area contributed by atoms with Gasteiger partial charge in [-0.05, 0) is 74.3 Å². The van der Waals surface area contributed by atoms with Gasteiger partial charge in [0, 0.05) is 11.8 Å².